The van der Waals surface area contributed by atoms with Crippen LogP contribution in [0.5, 0.6) is 5.75 Å². The molecule has 3 rings (SSSR count). The van der Waals surface area contributed by atoms with Gasteiger partial charge < -0.3 is 9.30 Å². The number of carbonyl (C=O) groups excluding carboxylic acids is 1. The summed E-state index contributed by atoms with van der Waals surface area (Å²) < 4.78 is 44.2. The summed E-state index contributed by atoms with van der Waals surface area (Å²) in [7, 11) is 1.56. The van der Waals surface area contributed by atoms with Crippen molar-refractivity contribution < 1.29 is 22.7 Å². The lowest BCUT2D eigenvalue weighted by molar-refractivity contribution is -0.137. The van der Waals surface area contributed by atoms with Gasteiger partial charge in [-0.25, -0.2) is 5.43 Å². The molecule has 9 heteroatoms. The lowest BCUT2D eigenvalue weighted by Crippen LogP contribution is -2.30. The van der Waals surface area contributed by atoms with E-state index in [1.165, 1.54) is 29.0 Å². The topological polar surface area (TPSA) is 72.7 Å². The molecule has 0 fully saturated rings. The Morgan fingerprint density at radius 3 is 2.39 bits per heavy atom. The Hall–Kier alpha value is -3.88. The third-order valence-corrected chi connectivity index (χ3v) is 4.39. The predicted molar refractivity (Wildman–Crippen MR) is 109 cm³/mol. The second kappa shape index (κ2) is 9.29. The number of halogens is 3. The van der Waals surface area contributed by atoms with Crippen LogP contribution < -0.4 is 15.7 Å². The molecule has 0 aliphatic carbocycles. The SMILES string of the molecule is COc1ccc(Cn2cccc(C(=O)N/N=C\c3ccc(C(F)(F)F)cc3)c2=O)cc1. The van der Waals surface area contributed by atoms with Gasteiger partial charge in [0, 0.05) is 6.20 Å². The minimum Gasteiger partial charge on any atom is -0.497 e. The first-order valence-electron chi connectivity index (χ1n) is 9.11. The highest BCUT2D eigenvalue weighted by atomic mass is 19.4. The maximum atomic E-state index is 12.6. The van der Waals surface area contributed by atoms with Crippen LogP contribution in [0.4, 0.5) is 13.2 Å². The van der Waals surface area contributed by atoms with Gasteiger partial charge in [0.05, 0.1) is 25.4 Å². The van der Waals surface area contributed by atoms with Crippen molar-refractivity contribution in [1.82, 2.24) is 9.99 Å². The van der Waals surface area contributed by atoms with E-state index in [2.05, 4.69) is 10.5 Å². The molecule has 0 atom stereocenters. The van der Waals surface area contributed by atoms with E-state index < -0.39 is 23.2 Å². The summed E-state index contributed by atoms with van der Waals surface area (Å²) in [6.45, 7) is 0.263. The Bertz CT molecular complexity index is 1140. The maximum absolute atomic E-state index is 12.6. The molecule has 0 unspecified atom stereocenters. The minimum atomic E-state index is -4.43. The number of aromatic nitrogens is 1. The number of carbonyl (C=O) groups is 1. The fourth-order valence-corrected chi connectivity index (χ4v) is 2.75. The lowest BCUT2D eigenvalue weighted by Gasteiger charge is -2.08. The number of nitrogens with zero attached hydrogens (tertiary/aromatic N) is 2. The fraction of sp³-hybridized carbons (Fsp3) is 0.136. The van der Waals surface area contributed by atoms with Crippen molar-refractivity contribution in [2.24, 2.45) is 5.10 Å². The third-order valence-electron chi connectivity index (χ3n) is 4.39. The monoisotopic (exact) mass is 429 g/mol. The van der Waals surface area contributed by atoms with Gasteiger partial charge in [-0.3, -0.25) is 9.59 Å². The molecule has 31 heavy (non-hydrogen) atoms. The third kappa shape index (κ3) is 5.59. The van der Waals surface area contributed by atoms with Crippen LogP contribution in [0, 0.1) is 0 Å². The van der Waals surface area contributed by atoms with E-state index in [0.29, 0.717) is 11.3 Å². The molecule has 0 aliphatic rings. The van der Waals surface area contributed by atoms with Crippen molar-refractivity contribution in [2.75, 3.05) is 7.11 Å². The number of benzene rings is 2. The fourth-order valence-electron chi connectivity index (χ4n) is 2.75. The molecule has 2 aromatic carbocycles. The zero-order chi connectivity index (χ0) is 22.4. The van der Waals surface area contributed by atoms with Crippen LogP contribution in [-0.4, -0.2) is 23.8 Å². The number of amides is 1. The highest BCUT2D eigenvalue weighted by molar-refractivity contribution is 5.94. The first-order valence-corrected chi connectivity index (χ1v) is 9.11. The molecular weight excluding hydrogens is 411 g/mol. The molecule has 0 radical (unpaired) electrons. The molecule has 0 aliphatic heterocycles. The molecule has 0 saturated heterocycles. The number of rotatable bonds is 6. The summed E-state index contributed by atoms with van der Waals surface area (Å²) in [5.41, 5.74) is 2.03. The standard InChI is InChI=1S/C22H18F3N3O3/c1-31-18-10-6-16(7-11-18)14-28-12-2-3-19(21(28)30)20(29)27-26-13-15-4-8-17(9-5-15)22(23,24)25/h2-13H,14H2,1H3,(H,27,29)/b26-13-. The lowest BCUT2D eigenvalue weighted by atomic mass is 10.1. The van der Waals surface area contributed by atoms with E-state index >= 15 is 0 Å². The number of hydrazone groups is 1. The number of alkyl halides is 3. The second-order valence-corrected chi connectivity index (χ2v) is 6.52. The molecule has 1 amide bonds. The van der Waals surface area contributed by atoms with E-state index in [1.54, 1.807) is 31.5 Å². The number of nitrogens with one attached hydrogen (secondary N) is 1. The smallest absolute Gasteiger partial charge is 0.416 e. The van der Waals surface area contributed by atoms with Gasteiger partial charge >= 0.3 is 6.18 Å². The van der Waals surface area contributed by atoms with Gasteiger partial charge in [-0.15, -0.1) is 0 Å². The molecular formula is C22H18F3N3O3. The number of hydrogen-bond acceptors (Lipinski definition) is 4. The molecule has 160 valence electrons. The zero-order valence-electron chi connectivity index (χ0n) is 16.4. The van der Waals surface area contributed by atoms with E-state index in [0.717, 1.165) is 17.7 Å². The largest absolute Gasteiger partial charge is 0.497 e. The molecule has 1 heterocycles. The number of hydrogen-bond donors (Lipinski definition) is 1. The summed E-state index contributed by atoms with van der Waals surface area (Å²) in [4.78, 5) is 24.9. The van der Waals surface area contributed by atoms with Crippen molar-refractivity contribution in [3.8, 4) is 5.75 Å². The first-order chi connectivity index (χ1) is 14.8. The Kier molecular flexibility index (Phi) is 6.54. The van der Waals surface area contributed by atoms with E-state index in [4.69, 9.17) is 4.74 Å². The van der Waals surface area contributed by atoms with E-state index in [-0.39, 0.29) is 12.1 Å². The Labute approximate surface area is 175 Å². The molecule has 3 aromatic rings. The molecule has 1 aromatic heterocycles. The van der Waals surface area contributed by atoms with Crippen LogP contribution in [0.2, 0.25) is 0 Å². The highest BCUT2D eigenvalue weighted by Crippen LogP contribution is 2.28. The molecule has 6 nitrogen and oxygen atoms in total. The van der Waals surface area contributed by atoms with Gasteiger partial charge in [0.1, 0.15) is 11.3 Å². The van der Waals surface area contributed by atoms with Gasteiger partial charge in [-0.2, -0.15) is 18.3 Å². The second-order valence-electron chi connectivity index (χ2n) is 6.52. The predicted octanol–water partition coefficient (Wildman–Crippen LogP) is 3.69. The van der Waals surface area contributed by atoms with Crippen molar-refractivity contribution in [3.05, 3.63) is 99.5 Å². The quantitative estimate of drug-likeness (QED) is 0.480. The minimum absolute atomic E-state index is 0.111. The number of pyridine rings is 1. The van der Waals surface area contributed by atoms with Gasteiger partial charge in [0.2, 0.25) is 0 Å². The van der Waals surface area contributed by atoms with E-state index in [9.17, 15) is 22.8 Å². The first kappa shape index (κ1) is 21.8. The van der Waals surface area contributed by atoms with Crippen LogP contribution in [-0.2, 0) is 12.7 Å². The molecule has 0 spiro atoms. The molecule has 0 saturated carbocycles. The van der Waals surface area contributed by atoms with Crippen LogP contribution >= 0.6 is 0 Å². The average molecular weight is 429 g/mol. The van der Waals surface area contributed by atoms with Crippen LogP contribution in [0.15, 0.2) is 76.8 Å². The number of methoxy groups -OCH3 is 1. The van der Waals surface area contributed by atoms with Crippen molar-refractivity contribution in [1.29, 1.82) is 0 Å². The maximum Gasteiger partial charge on any atom is 0.416 e. The Morgan fingerprint density at radius 1 is 1.10 bits per heavy atom. The van der Waals surface area contributed by atoms with Crippen molar-refractivity contribution in [3.63, 3.8) is 0 Å². The Morgan fingerprint density at radius 2 is 1.77 bits per heavy atom. The van der Waals surface area contributed by atoms with Crippen molar-refractivity contribution >= 4 is 12.1 Å². The van der Waals surface area contributed by atoms with Gasteiger partial charge in [0.25, 0.3) is 11.5 Å². The van der Waals surface area contributed by atoms with Crippen LogP contribution in [0.25, 0.3) is 0 Å². The summed E-state index contributed by atoms with van der Waals surface area (Å²) in [6.07, 6.45) is -1.67. The molecule has 0 bridgehead atoms. The summed E-state index contributed by atoms with van der Waals surface area (Å²) in [6, 6.07) is 14.4. The molecule has 1 N–H and O–H groups in total. The number of ether oxygens (including phenoxy) is 1. The van der Waals surface area contributed by atoms with Gasteiger partial charge in [-0.1, -0.05) is 24.3 Å². The average Bonchev–Trinajstić information content (AvgIpc) is 2.75. The zero-order valence-corrected chi connectivity index (χ0v) is 16.4. The summed E-state index contributed by atoms with van der Waals surface area (Å²) in [5.74, 6) is -0.0348. The normalized spacial score (nSPS) is 11.5. The van der Waals surface area contributed by atoms with Crippen LogP contribution in [0.1, 0.15) is 27.0 Å². The highest BCUT2D eigenvalue weighted by Gasteiger charge is 2.29. The van der Waals surface area contributed by atoms with Crippen molar-refractivity contribution in [2.45, 2.75) is 12.7 Å². The summed E-state index contributed by atoms with van der Waals surface area (Å²) >= 11 is 0. The van der Waals surface area contributed by atoms with Gasteiger partial charge in [-0.05, 0) is 47.5 Å². The van der Waals surface area contributed by atoms with Gasteiger partial charge in [0.15, 0.2) is 0 Å². The Balaban J connectivity index is 1.68. The van der Waals surface area contributed by atoms with Crippen LogP contribution in [0.3, 0.4) is 0 Å². The van der Waals surface area contributed by atoms with E-state index in [1.807, 2.05) is 12.1 Å². The summed E-state index contributed by atoms with van der Waals surface area (Å²) in [5, 5.41) is 3.72.